The van der Waals surface area contributed by atoms with Crippen molar-refractivity contribution >= 4 is 17.9 Å². The van der Waals surface area contributed by atoms with Gasteiger partial charge in [0, 0.05) is 19.3 Å². The molecular weight excluding hydrogens is 751 g/mol. The fourth-order valence-electron chi connectivity index (χ4n) is 6.90. The molecule has 2 atom stereocenters. The van der Waals surface area contributed by atoms with E-state index < -0.39 is 24.1 Å². The van der Waals surface area contributed by atoms with Crippen LogP contribution in [0.1, 0.15) is 200 Å². The maximum absolute atomic E-state index is 12.7. The van der Waals surface area contributed by atoms with Crippen molar-refractivity contribution < 1.29 is 38.2 Å². The van der Waals surface area contributed by atoms with Gasteiger partial charge in [-0.15, -0.1) is 0 Å². The number of rotatable bonds is 43. The largest absolute Gasteiger partial charge is 0.544 e. The van der Waals surface area contributed by atoms with Gasteiger partial charge < -0.3 is 28.6 Å². The van der Waals surface area contributed by atoms with Gasteiger partial charge >= 0.3 is 11.9 Å². The van der Waals surface area contributed by atoms with Crippen molar-refractivity contribution in [3.05, 3.63) is 60.8 Å². The minimum Gasteiger partial charge on any atom is -0.544 e. The maximum Gasteiger partial charge on any atom is 0.306 e. The molecule has 0 aromatic carbocycles. The lowest BCUT2D eigenvalue weighted by molar-refractivity contribution is -0.889. The Labute approximate surface area is 368 Å². The first kappa shape index (κ1) is 57.0. The van der Waals surface area contributed by atoms with E-state index in [4.69, 9.17) is 14.2 Å². The van der Waals surface area contributed by atoms with Crippen molar-refractivity contribution in [2.75, 3.05) is 41.0 Å². The Morgan fingerprint density at radius 2 is 0.967 bits per heavy atom. The average molecular weight is 842 g/mol. The monoisotopic (exact) mass is 842 g/mol. The number of nitrogens with zero attached hydrogens (tertiary/aromatic N) is 1. The Morgan fingerprint density at radius 3 is 1.45 bits per heavy atom. The van der Waals surface area contributed by atoms with E-state index >= 15 is 0 Å². The maximum atomic E-state index is 12.7. The van der Waals surface area contributed by atoms with Crippen molar-refractivity contribution in [2.45, 2.75) is 212 Å². The Kier molecular flexibility index (Phi) is 40.6. The normalized spacial score (nSPS) is 13.4. The zero-order valence-electron chi connectivity index (χ0n) is 39.4. The second-order valence-corrected chi connectivity index (χ2v) is 17.3. The van der Waals surface area contributed by atoms with Crippen LogP contribution in [0.5, 0.6) is 0 Å². The molecule has 0 aliphatic carbocycles. The average Bonchev–Trinajstić information content (AvgIpc) is 3.21. The zero-order valence-corrected chi connectivity index (χ0v) is 39.4. The van der Waals surface area contributed by atoms with Gasteiger partial charge in [0.1, 0.15) is 12.6 Å². The highest BCUT2D eigenvalue weighted by molar-refractivity contribution is 5.70. The van der Waals surface area contributed by atoms with Crippen LogP contribution < -0.4 is 5.11 Å². The minimum atomic E-state index is -1.14. The fourth-order valence-corrected chi connectivity index (χ4v) is 6.90. The molecular formula is C52H91NO7. The van der Waals surface area contributed by atoms with E-state index in [1.54, 1.807) is 21.1 Å². The molecule has 346 valence electrons. The van der Waals surface area contributed by atoms with Gasteiger partial charge in [-0.25, -0.2) is 0 Å². The lowest BCUT2D eigenvalue weighted by atomic mass is 10.0. The van der Waals surface area contributed by atoms with Crippen LogP contribution in [0.25, 0.3) is 0 Å². The number of carboxylic acid groups (broad SMARTS) is 1. The summed E-state index contributed by atoms with van der Waals surface area (Å²) in [5.41, 5.74) is 0. The molecule has 0 N–H and O–H groups in total. The van der Waals surface area contributed by atoms with Crippen LogP contribution in [0.4, 0.5) is 0 Å². The van der Waals surface area contributed by atoms with Crippen LogP contribution in [0.3, 0.4) is 0 Å². The van der Waals surface area contributed by atoms with Gasteiger partial charge in [-0.1, -0.05) is 177 Å². The summed E-state index contributed by atoms with van der Waals surface area (Å²) in [5.74, 6) is -1.84. The van der Waals surface area contributed by atoms with E-state index in [1.165, 1.54) is 116 Å². The zero-order chi connectivity index (χ0) is 44.2. The quantitative estimate of drug-likeness (QED) is 0.0261. The number of likely N-dealkylation sites (N-methyl/N-ethyl adjacent to an activating group) is 1. The number of carbonyl (C=O) groups excluding carboxylic acids is 3. The first-order valence-corrected chi connectivity index (χ1v) is 24.3. The van der Waals surface area contributed by atoms with Crippen molar-refractivity contribution in [3.8, 4) is 0 Å². The Bertz CT molecular complexity index is 1170. The SMILES string of the molecule is CC/C=C\C/C=C\C/C=C\C/C=C\CCC(=O)OC(COCCC(C(=O)[O-])[N+](C)(C)C)COC(=O)CCCCCCCCCCCCC/C=C\CCCCCCCCCC. The molecule has 0 amide bonds. The third-order valence-electron chi connectivity index (χ3n) is 10.7. The first-order valence-electron chi connectivity index (χ1n) is 24.3. The standard InChI is InChI=1S/C52H91NO7/c1-6-8-10-12-14-16-18-20-21-22-23-24-25-26-27-28-29-31-32-34-36-38-40-42-50(54)59-47-48(46-58-45-44-49(52(56)57)53(3,4)5)60-51(55)43-41-39-37-35-33-30-19-17-15-13-11-9-7-2/h9,11,15,17,22-23,30,33,37,39,48-49H,6-8,10,12-14,16,18-21,24-29,31-32,34-36,38,40-47H2,1-5H3/b11-9-,17-15-,23-22-,33-30-,39-37-. The predicted molar refractivity (Wildman–Crippen MR) is 249 cm³/mol. The van der Waals surface area contributed by atoms with Crippen LogP contribution >= 0.6 is 0 Å². The van der Waals surface area contributed by atoms with E-state index in [9.17, 15) is 19.5 Å². The minimum absolute atomic E-state index is 0.0106. The number of unbranched alkanes of at least 4 members (excludes halogenated alkanes) is 19. The summed E-state index contributed by atoms with van der Waals surface area (Å²) in [7, 11) is 5.38. The molecule has 0 aliphatic rings. The molecule has 0 spiro atoms. The van der Waals surface area contributed by atoms with Crippen molar-refractivity contribution in [3.63, 3.8) is 0 Å². The van der Waals surface area contributed by atoms with Crippen LogP contribution in [0, 0.1) is 0 Å². The fraction of sp³-hybridized carbons (Fsp3) is 0.750. The summed E-state index contributed by atoms with van der Waals surface area (Å²) in [6, 6.07) is -0.739. The first-order chi connectivity index (χ1) is 29.1. The molecule has 0 rings (SSSR count). The highest BCUT2D eigenvalue weighted by Crippen LogP contribution is 2.15. The second-order valence-electron chi connectivity index (χ2n) is 17.3. The molecule has 0 aromatic rings. The molecule has 2 unspecified atom stereocenters. The lowest BCUT2D eigenvalue weighted by Gasteiger charge is -2.34. The van der Waals surface area contributed by atoms with Crippen LogP contribution in [-0.2, 0) is 28.6 Å². The van der Waals surface area contributed by atoms with E-state index in [0.717, 1.165) is 44.9 Å². The number of carbonyl (C=O) groups is 3. The van der Waals surface area contributed by atoms with E-state index in [-0.39, 0.29) is 43.1 Å². The number of carboxylic acids is 1. The number of quaternary nitrogens is 1. The molecule has 60 heavy (non-hydrogen) atoms. The number of aliphatic carboxylic acids is 1. The third-order valence-corrected chi connectivity index (χ3v) is 10.7. The number of hydrogen-bond donors (Lipinski definition) is 0. The van der Waals surface area contributed by atoms with Gasteiger partial charge in [0.15, 0.2) is 6.10 Å². The molecule has 0 aliphatic heterocycles. The predicted octanol–water partition coefficient (Wildman–Crippen LogP) is 12.4. The molecule has 0 aromatic heterocycles. The van der Waals surface area contributed by atoms with Gasteiger partial charge in [-0.2, -0.15) is 0 Å². The summed E-state index contributed by atoms with van der Waals surface area (Å²) < 4.78 is 17.1. The second kappa shape index (κ2) is 42.7. The third kappa shape index (κ3) is 40.4. The summed E-state index contributed by atoms with van der Waals surface area (Å²) in [6.07, 6.45) is 52.8. The van der Waals surface area contributed by atoms with Gasteiger partial charge in [-0.3, -0.25) is 9.59 Å². The van der Waals surface area contributed by atoms with Crippen LogP contribution in [0.2, 0.25) is 0 Å². The molecule has 0 saturated heterocycles. The molecule has 0 radical (unpaired) electrons. The van der Waals surface area contributed by atoms with Crippen molar-refractivity contribution in [1.82, 2.24) is 0 Å². The number of ether oxygens (including phenoxy) is 3. The molecule has 8 heteroatoms. The van der Waals surface area contributed by atoms with E-state index in [2.05, 4.69) is 62.5 Å². The van der Waals surface area contributed by atoms with Gasteiger partial charge in [0.05, 0.1) is 40.3 Å². The smallest absolute Gasteiger partial charge is 0.306 e. The number of allylic oxidation sites excluding steroid dienone is 10. The summed E-state index contributed by atoms with van der Waals surface area (Å²) in [6.45, 7) is 4.47. The highest BCUT2D eigenvalue weighted by Gasteiger charge is 2.25. The summed E-state index contributed by atoms with van der Waals surface area (Å²) in [4.78, 5) is 36.9. The van der Waals surface area contributed by atoms with Gasteiger partial charge in [-0.05, 0) is 64.2 Å². The van der Waals surface area contributed by atoms with E-state index in [1.807, 2.05) is 12.2 Å². The van der Waals surface area contributed by atoms with Gasteiger partial charge in [0.25, 0.3) is 0 Å². The Morgan fingerprint density at radius 1 is 0.517 bits per heavy atom. The number of esters is 2. The topological polar surface area (TPSA) is 102 Å². The molecule has 0 saturated carbocycles. The molecule has 0 bridgehead atoms. The Hall–Kier alpha value is -2.97. The Balaban J connectivity index is 4.25. The van der Waals surface area contributed by atoms with Crippen LogP contribution in [-0.4, -0.2) is 75.5 Å². The summed E-state index contributed by atoms with van der Waals surface area (Å²) in [5, 5.41) is 11.6. The highest BCUT2D eigenvalue weighted by atomic mass is 16.6. The molecule has 0 fully saturated rings. The van der Waals surface area contributed by atoms with Crippen LogP contribution in [0.15, 0.2) is 60.8 Å². The van der Waals surface area contributed by atoms with Crippen molar-refractivity contribution in [1.29, 1.82) is 0 Å². The summed E-state index contributed by atoms with van der Waals surface area (Å²) >= 11 is 0. The van der Waals surface area contributed by atoms with Crippen molar-refractivity contribution in [2.24, 2.45) is 0 Å². The number of hydrogen-bond acceptors (Lipinski definition) is 7. The van der Waals surface area contributed by atoms with Gasteiger partial charge in [0.2, 0.25) is 0 Å². The van der Waals surface area contributed by atoms with E-state index in [0.29, 0.717) is 12.8 Å². The molecule has 0 heterocycles. The lowest BCUT2D eigenvalue weighted by Crippen LogP contribution is -2.55. The molecule has 8 nitrogen and oxygen atoms in total.